The number of rotatable bonds is 4. The first-order chi connectivity index (χ1) is 9.41. The van der Waals surface area contributed by atoms with E-state index in [-0.39, 0.29) is 11.7 Å². The van der Waals surface area contributed by atoms with Gasteiger partial charge in [-0.1, -0.05) is 12.1 Å². The molecule has 6 heteroatoms. The molecule has 0 spiro atoms. The molecule has 2 unspecified atom stereocenters. The van der Waals surface area contributed by atoms with E-state index in [4.69, 9.17) is 4.74 Å². The van der Waals surface area contributed by atoms with Crippen molar-refractivity contribution >= 4 is 10.0 Å². The van der Waals surface area contributed by atoms with Crippen molar-refractivity contribution in [3.05, 3.63) is 35.6 Å². The van der Waals surface area contributed by atoms with Crippen LogP contribution in [0.1, 0.15) is 12.0 Å². The zero-order valence-corrected chi connectivity index (χ0v) is 12.6. The van der Waals surface area contributed by atoms with Gasteiger partial charge in [-0.2, -0.15) is 0 Å². The quantitative estimate of drug-likeness (QED) is 0.850. The number of hydrogen-bond donors (Lipinski definition) is 0. The molecule has 0 N–H and O–H groups in total. The van der Waals surface area contributed by atoms with Crippen LogP contribution in [0, 0.1) is 11.7 Å². The summed E-state index contributed by atoms with van der Waals surface area (Å²) >= 11 is 0. The molecule has 2 atom stereocenters. The zero-order chi connectivity index (χ0) is 14.8. The van der Waals surface area contributed by atoms with E-state index in [0.29, 0.717) is 26.1 Å². The summed E-state index contributed by atoms with van der Waals surface area (Å²) in [5.74, 6) is -0.382. The van der Waals surface area contributed by atoms with Crippen molar-refractivity contribution in [1.29, 1.82) is 0 Å². The monoisotopic (exact) mass is 301 g/mol. The highest BCUT2D eigenvalue weighted by molar-refractivity contribution is 7.89. The lowest BCUT2D eigenvalue weighted by atomic mass is 9.93. The summed E-state index contributed by atoms with van der Waals surface area (Å²) in [6.45, 7) is 0.896. The zero-order valence-electron chi connectivity index (χ0n) is 11.8. The Labute approximate surface area is 119 Å². The number of ether oxygens (including phenoxy) is 1. The van der Waals surface area contributed by atoms with Crippen LogP contribution < -0.4 is 0 Å². The van der Waals surface area contributed by atoms with Gasteiger partial charge in [0.15, 0.2) is 0 Å². The maximum Gasteiger partial charge on any atom is 0.216 e. The lowest BCUT2D eigenvalue weighted by molar-refractivity contribution is 0.0563. The first kappa shape index (κ1) is 15.4. The van der Waals surface area contributed by atoms with Gasteiger partial charge in [0, 0.05) is 26.6 Å². The van der Waals surface area contributed by atoms with E-state index in [0.717, 1.165) is 5.56 Å². The molecular formula is C14H20FNO3S. The average Bonchev–Trinajstić information content (AvgIpc) is 2.41. The summed E-state index contributed by atoms with van der Waals surface area (Å²) in [7, 11) is -0.188. The molecule has 1 heterocycles. The van der Waals surface area contributed by atoms with Crippen LogP contribution in [0.5, 0.6) is 0 Å². The van der Waals surface area contributed by atoms with Gasteiger partial charge in [-0.05, 0) is 30.5 Å². The second kappa shape index (κ2) is 6.20. The minimum Gasteiger partial charge on any atom is -0.381 e. The molecule has 4 nitrogen and oxygen atoms in total. The standard InChI is InChI=1S/C14H20FNO3S/c1-16(2)20(17,18)14-7-8-19-10-12(14)9-11-3-5-13(15)6-4-11/h3-6,12,14H,7-10H2,1-2H3. The summed E-state index contributed by atoms with van der Waals surface area (Å²) in [5, 5.41) is -0.434. The van der Waals surface area contributed by atoms with Gasteiger partial charge < -0.3 is 4.74 Å². The molecule has 2 rings (SSSR count). The summed E-state index contributed by atoms with van der Waals surface area (Å²) < 4.78 is 44.3. The maximum atomic E-state index is 12.9. The minimum atomic E-state index is -3.30. The lowest BCUT2D eigenvalue weighted by Crippen LogP contribution is -2.44. The SMILES string of the molecule is CN(C)S(=O)(=O)C1CCOCC1Cc1ccc(F)cc1. The Hall–Kier alpha value is -0.980. The molecule has 0 aromatic heterocycles. The molecule has 20 heavy (non-hydrogen) atoms. The topological polar surface area (TPSA) is 46.6 Å². The summed E-state index contributed by atoms with van der Waals surface area (Å²) in [4.78, 5) is 0. The summed E-state index contributed by atoms with van der Waals surface area (Å²) in [6.07, 6.45) is 1.09. The van der Waals surface area contributed by atoms with Gasteiger partial charge >= 0.3 is 0 Å². The fourth-order valence-corrected chi connectivity index (χ4v) is 4.15. The van der Waals surface area contributed by atoms with E-state index in [2.05, 4.69) is 0 Å². The molecule has 0 saturated carbocycles. The van der Waals surface area contributed by atoms with Crippen molar-refractivity contribution in [3.8, 4) is 0 Å². The molecule has 1 aromatic carbocycles. The van der Waals surface area contributed by atoms with Crippen LogP contribution in [-0.2, 0) is 21.2 Å². The fourth-order valence-electron chi connectivity index (χ4n) is 2.55. The normalized spacial score (nSPS) is 24.0. The third kappa shape index (κ3) is 3.37. The number of sulfonamides is 1. The highest BCUT2D eigenvalue weighted by atomic mass is 32.2. The number of nitrogens with zero attached hydrogens (tertiary/aromatic N) is 1. The van der Waals surface area contributed by atoms with Crippen molar-refractivity contribution in [3.63, 3.8) is 0 Å². The van der Waals surface area contributed by atoms with Crippen LogP contribution >= 0.6 is 0 Å². The van der Waals surface area contributed by atoms with Crippen LogP contribution in [0.4, 0.5) is 4.39 Å². The predicted octanol–water partition coefficient (Wildman–Crippen LogP) is 1.66. The van der Waals surface area contributed by atoms with E-state index in [1.807, 2.05) is 0 Å². The van der Waals surface area contributed by atoms with Gasteiger partial charge in [0.1, 0.15) is 5.82 Å². The Balaban J connectivity index is 2.17. The average molecular weight is 301 g/mol. The summed E-state index contributed by atoms with van der Waals surface area (Å²) in [5.41, 5.74) is 0.931. The number of benzene rings is 1. The smallest absolute Gasteiger partial charge is 0.216 e. The van der Waals surface area contributed by atoms with E-state index in [9.17, 15) is 12.8 Å². The first-order valence-corrected chi connectivity index (χ1v) is 8.15. The van der Waals surface area contributed by atoms with Crippen molar-refractivity contribution in [2.45, 2.75) is 18.1 Å². The Morgan fingerprint density at radius 3 is 2.55 bits per heavy atom. The predicted molar refractivity (Wildman–Crippen MR) is 75.4 cm³/mol. The molecule has 0 amide bonds. The molecule has 1 saturated heterocycles. The third-order valence-corrected chi connectivity index (χ3v) is 6.11. The van der Waals surface area contributed by atoms with Crippen molar-refractivity contribution in [2.24, 2.45) is 5.92 Å². The first-order valence-electron chi connectivity index (χ1n) is 6.65. The van der Waals surface area contributed by atoms with Crippen LogP contribution in [-0.4, -0.2) is 45.3 Å². The Kier molecular flexibility index (Phi) is 4.78. The molecular weight excluding hydrogens is 281 g/mol. The van der Waals surface area contributed by atoms with Crippen molar-refractivity contribution in [2.75, 3.05) is 27.3 Å². The van der Waals surface area contributed by atoms with Gasteiger partial charge in [-0.15, -0.1) is 0 Å². The molecule has 1 fully saturated rings. The minimum absolute atomic E-state index is 0.0957. The van der Waals surface area contributed by atoms with Gasteiger partial charge in [0.25, 0.3) is 0 Å². The van der Waals surface area contributed by atoms with E-state index < -0.39 is 15.3 Å². The van der Waals surface area contributed by atoms with E-state index in [1.165, 1.54) is 16.4 Å². The molecule has 1 aliphatic rings. The van der Waals surface area contributed by atoms with E-state index in [1.54, 1.807) is 26.2 Å². The lowest BCUT2D eigenvalue weighted by Gasteiger charge is -2.33. The van der Waals surface area contributed by atoms with Gasteiger partial charge in [-0.3, -0.25) is 0 Å². The van der Waals surface area contributed by atoms with Gasteiger partial charge in [0.05, 0.1) is 11.9 Å². The second-order valence-electron chi connectivity index (χ2n) is 5.32. The van der Waals surface area contributed by atoms with Crippen LogP contribution in [0.25, 0.3) is 0 Å². The van der Waals surface area contributed by atoms with Crippen LogP contribution in [0.15, 0.2) is 24.3 Å². The number of halogens is 1. The van der Waals surface area contributed by atoms with Crippen molar-refractivity contribution < 1.29 is 17.5 Å². The van der Waals surface area contributed by atoms with Crippen LogP contribution in [0.3, 0.4) is 0 Å². The Morgan fingerprint density at radius 1 is 1.30 bits per heavy atom. The molecule has 0 aliphatic carbocycles. The highest BCUT2D eigenvalue weighted by Crippen LogP contribution is 2.26. The highest BCUT2D eigenvalue weighted by Gasteiger charge is 2.37. The summed E-state index contributed by atoms with van der Waals surface area (Å²) in [6, 6.07) is 6.19. The van der Waals surface area contributed by atoms with Gasteiger partial charge in [-0.25, -0.2) is 17.1 Å². The molecule has 0 bridgehead atoms. The third-order valence-electron chi connectivity index (χ3n) is 3.71. The van der Waals surface area contributed by atoms with Crippen LogP contribution in [0.2, 0.25) is 0 Å². The maximum absolute atomic E-state index is 12.9. The Morgan fingerprint density at radius 2 is 1.95 bits per heavy atom. The largest absolute Gasteiger partial charge is 0.381 e. The molecule has 0 radical (unpaired) electrons. The molecule has 1 aromatic rings. The fraction of sp³-hybridized carbons (Fsp3) is 0.571. The molecule has 112 valence electrons. The van der Waals surface area contributed by atoms with Gasteiger partial charge in [0.2, 0.25) is 10.0 Å². The second-order valence-corrected chi connectivity index (χ2v) is 7.69. The number of hydrogen-bond acceptors (Lipinski definition) is 3. The molecule has 1 aliphatic heterocycles. The van der Waals surface area contributed by atoms with E-state index >= 15 is 0 Å². The Bertz CT molecular complexity index is 542. The van der Waals surface area contributed by atoms with Crippen molar-refractivity contribution in [1.82, 2.24) is 4.31 Å².